The van der Waals surface area contributed by atoms with Crippen LogP contribution in [0.1, 0.15) is 43.1 Å². The number of hydrogen-bond acceptors (Lipinski definition) is 1. The van der Waals surface area contributed by atoms with Crippen molar-refractivity contribution in [3.05, 3.63) is 35.1 Å². The Hall–Kier alpha value is -1.59. The molecule has 1 amide bonds. The first-order chi connectivity index (χ1) is 9.02. The molecule has 0 aliphatic rings. The number of benzene rings is 1. The summed E-state index contributed by atoms with van der Waals surface area (Å²) in [5.74, 6) is -2.37. The summed E-state index contributed by atoms with van der Waals surface area (Å²) in [5, 5.41) is 2.43. The quantitative estimate of drug-likeness (QED) is 0.838. The Morgan fingerprint density at radius 3 is 2.30 bits per heavy atom. The second kappa shape index (κ2) is 5.81. The van der Waals surface area contributed by atoms with E-state index in [4.69, 9.17) is 0 Å². The van der Waals surface area contributed by atoms with Crippen LogP contribution >= 0.6 is 0 Å². The zero-order chi connectivity index (χ0) is 15.6. The normalized spacial score (nSPS) is 12.3. The molecule has 1 aromatic carbocycles. The molecule has 0 spiro atoms. The lowest BCUT2D eigenvalue weighted by atomic mass is 9.92. The number of hydrogen-bond donors (Lipinski definition) is 1. The van der Waals surface area contributed by atoms with Gasteiger partial charge in [-0.15, -0.1) is 0 Å². The minimum atomic E-state index is -4.81. The van der Waals surface area contributed by atoms with Crippen LogP contribution in [0.4, 0.5) is 17.6 Å². The SMILES string of the molecule is CC(C)(C)CCNC(=O)c1cccc(C(F)(F)F)c1F. The Labute approximate surface area is 115 Å². The molecule has 0 aliphatic heterocycles. The fourth-order valence-electron chi connectivity index (χ4n) is 1.57. The van der Waals surface area contributed by atoms with Crippen LogP contribution in [-0.4, -0.2) is 12.5 Å². The smallest absolute Gasteiger partial charge is 0.352 e. The van der Waals surface area contributed by atoms with Crippen LogP contribution in [0.3, 0.4) is 0 Å². The highest BCUT2D eigenvalue weighted by molar-refractivity contribution is 5.94. The van der Waals surface area contributed by atoms with E-state index in [1.807, 2.05) is 20.8 Å². The van der Waals surface area contributed by atoms with Crippen molar-refractivity contribution in [2.45, 2.75) is 33.4 Å². The molecule has 0 aromatic heterocycles. The Balaban J connectivity index is 2.84. The van der Waals surface area contributed by atoms with Crippen molar-refractivity contribution in [1.29, 1.82) is 0 Å². The molecule has 1 rings (SSSR count). The van der Waals surface area contributed by atoms with Crippen molar-refractivity contribution in [3.8, 4) is 0 Å². The van der Waals surface area contributed by atoms with Gasteiger partial charge in [0.1, 0.15) is 5.82 Å². The van der Waals surface area contributed by atoms with Gasteiger partial charge in [0.25, 0.3) is 5.91 Å². The van der Waals surface area contributed by atoms with E-state index >= 15 is 0 Å². The summed E-state index contributed by atoms with van der Waals surface area (Å²) in [6.07, 6.45) is -4.18. The molecular weight excluding hydrogens is 274 g/mol. The van der Waals surface area contributed by atoms with Crippen molar-refractivity contribution in [2.24, 2.45) is 5.41 Å². The topological polar surface area (TPSA) is 29.1 Å². The summed E-state index contributed by atoms with van der Waals surface area (Å²) in [4.78, 5) is 11.7. The number of halogens is 4. The van der Waals surface area contributed by atoms with Crippen molar-refractivity contribution >= 4 is 5.91 Å². The van der Waals surface area contributed by atoms with Gasteiger partial charge < -0.3 is 5.32 Å². The number of amides is 1. The first kappa shape index (κ1) is 16.5. The van der Waals surface area contributed by atoms with Crippen LogP contribution < -0.4 is 5.32 Å². The van der Waals surface area contributed by atoms with Crippen LogP contribution in [0, 0.1) is 11.2 Å². The zero-order valence-corrected chi connectivity index (χ0v) is 11.6. The van der Waals surface area contributed by atoms with E-state index in [0.717, 1.165) is 12.1 Å². The van der Waals surface area contributed by atoms with Gasteiger partial charge in [-0.1, -0.05) is 26.8 Å². The summed E-state index contributed by atoms with van der Waals surface area (Å²) in [6, 6.07) is 2.67. The Morgan fingerprint density at radius 1 is 1.20 bits per heavy atom. The van der Waals surface area contributed by atoms with Crippen LogP contribution in [0.5, 0.6) is 0 Å². The highest BCUT2D eigenvalue weighted by Crippen LogP contribution is 2.32. The maximum Gasteiger partial charge on any atom is 0.419 e. The molecule has 0 bridgehead atoms. The van der Waals surface area contributed by atoms with E-state index in [0.29, 0.717) is 12.5 Å². The number of alkyl halides is 3. The molecule has 1 aromatic rings. The molecule has 0 atom stereocenters. The molecular formula is C14H17F4NO. The van der Waals surface area contributed by atoms with Crippen LogP contribution in [0.15, 0.2) is 18.2 Å². The Bertz CT molecular complexity index is 489. The van der Waals surface area contributed by atoms with E-state index in [2.05, 4.69) is 5.32 Å². The first-order valence-corrected chi connectivity index (χ1v) is 6.16. The Morgan fingerprint density at radius 2 is 1.80 bits per heavy atom. The number of carbonyl (C=O) groups is 1. The van der Waals surface area contributed by atoms with E-state index in [-0.39, 0.29) is 12.0 Å². The molecule has 112 valence electrons. The fraction of sp³-hybridized carbons (Fsp3) is 0.500. The van der Waals surface area contributed by atoms with Crippen molar-refractivity contribution in [2.75, 3.05) is 6.54 Å². The van der Waals surface area contributed by atoms with Gasteiger partial charge in [-0.05, 0) is 24.0 Å². The largest absolute Gasteiger partial charge is 0.419 e. The van der Waals surface area contributed by atoms with Crippen LogP contribution in [0.25, 0.3) is 0 Å². The maximum absolute atomic E-state index is 13.7. The highest BCUT2D eigenvalue weighted by Gasteiger charge is 2.35. The van der Waals surface area contributed by atoms with E-state index in [1.54, 1.807) is 0 Å². The molecule has 0 heterocycles. The number of carbonyl (C=O) groups excluding carboxylic acids is 1. The summed E-state index contributed by atoms with van der Waals surface area (Å²) in [7, 11) is 0. The molecule has 0 fully saturated rings. The first-order valence-electron chi connectivity index (χ1n) is 6.16. The average molecular weight is 291 g/mol. The van der Waals surface area contributed by atoms with Crippen LogP contribution in [0.2, 0.25) is 0 Å². The van der Waals surface area contributed by atoms with E-state index < -0.39 is 29.0 Å². The summed E-state index contributed by atoms with van der Waals surface area (Å²) in [6.45, 7) is 6.16. The molecule has 0 radical (unpaired) electrons. The van der Waals surface area contributed by atoms with Gasteiger partial charge >= 0.3 is 6.18 Å². The minimum Gasteiger partial charge on any atom is -0.352 e. The molecule has 0 unspecified atom stereocenters. The Kier molecular flexibility index (Phi) is 4.78. The lowest BCUT2D eigenvalue weighted by Gasteiger charge is -2.18. The van der Waals surface area contributed by atoms with Gasteiger partial charge in [0.15, 0.2) is 0 Å². The predicted octanol–water partition coefficient (Wildman–Crippen LogP) is 4.01. The zero-order valence-electron chi connectivity index (χ0n) is 11.6. The van der Waals surface area contributed by atoms with Gasteiger partial charge in [-0.3, -0.25) is 4.79 Å². The van der Waals surface area contributed by atoms with Crippen molar-refractivity contribution in [1.82, 2.24) is 5.32 Å². The standard InChI is InChI=1S/C14H17F4NO/c1-13(2,3)7-8-19-12(20)9-5-4-6-10(11(9)15)14(16,17)18/h4-6H,7-8H2,1-3H3,(H,19,20). The summed E-state index contributed by atoms with van der Waals surface area (Å²) < 4.78 is 51.3. The lowest BCUT2D eigenvalue weighted by Crippen LogP contribution is -2.28. The predicted molar refractivity (Wildman–Crippen MR) is 67.8 cm³/mol. The molecule has 6 heteroatoms. The van der Waals surface area contributed by atoms with Crippen LogP contribution in [-0.2, 0) is 6.18 Å². The van der Waals surface area contributed by atoms with E-state index in [1.165, 1.54) is 0 Å². The third-order valence-corrected chi connectivity index (χ3v) is 2.71. The third-order valence-electron chi connectivity index (χ3n) is 2.71. The summed E-state index contributed by atoms with van der Waals surface area (Å²) >= 11 is 0. The van der Waals surface area contributed by atoms with Gasteiger partial charge in [0.2, 0.25) is 0 Å². The van der Waals surface area contributed by atoms with Gasteiger partial charge in [0.05, 0.1) is 11.1 Å². The monoisotopic (exact) mass is 291 g/mol. The second-order valence-electron chi connectivity index (χ2n) is 5.73. The number of nitrogens with one attached hydrogen (secondary N) is 1. The van der Waals surface area contributed by atoms with Gasteiger partial charge in [-0.25, -0.2) is 4.39 Å². The third kappa shape index (κ3) is 4.51. The van der Waals surface area contributed by atoms with Crippen molar-refractivity contribution in [3.63, 3.8) is 0 Å². The maximum atomic E-state index is 13.7. The highest BCUT2D eigenvalue weighted by atomic mass is 19.4. The summed E-state index contributed by atoms with van der Waals surface area (Å²) in [5.41, 5.74) is -2.05. The van der Waals surface area contributed by atoms with Gasteiger partial charge in [0, 0.05) is 6.54 Å². The molecule has 0 saturated carbocycles. The molecule has 0 saturated heterocycles. The van der Waals surface area contributed by atoms with Gasteiger partial charge in [-0.2, -0.15) is 13.2 Å². The van der Waals surface area contributed by atoms with Crippen molar-refractivity contribution < 1.29 is 22.4 Å². The average Bonchev–Trinajstić information content (AvgIpc) is 2.25. The number of rotatable bonds is 3. The second-order valence-corrected chi connectivity index (χ2v) is 5.73. The molecule has 2 nitrogen and oxygen atoms in total. The minimum absolute atomic E-state index is 0.0281. The fourth-order valence-corrected chi connectivity index (χ4v) is 1.57. The molecule has 1 N–H and O–H groups in total. The van der Waals surface area contributed by atoms with E-state index in [9.17, 15) is 22.4 Å². The molecule has 0 aliphatic carbocycles. The lowest BCUT2D eigenvalue weighted by molar-refractivity contribution is -0.140. The molecule has 20 heavy (non-hydrogen) atoms.